The molecule has 1 atom stereocenters. The molecule has 15 heavy (non-hydrogen) atoms. The number of anilines is 1. The van der Waals surface area contributed by atoms with E-state index in [4.69, 9.17) is 10.5 Å². The van der Waals surface area contributed by atoms with E-state index in [1.807, 2.05) is 12.1 Å². The molecule has 0 fully saturated rings. The maximum absolute atomic E-state index is 5.52. The molecule has 0 aromatic carbocycles. The van der Waals surface area contributed by atoms with Crippen molar-refractivity contribution in [3.63, 3.8) is 0 Å². The standard InChI is InChI=1S/C11H19N3O/c1-3-9(6-7-12)14-11-5-4-10(15-2)8-13-11/h4-5,8-9H,3,6-7,12H2,1-2H3,(H,13,14). The summed E-state index contributed by atoms with van der Waals surface area (Å²) >= 11 is 0. The fraction of sp³-hybridized carbons (Fsp3) is 0.545. The molecule has 0 spiro atoms. The van der Waals surface area contributed by atoms with Crippen molar-refractivity contribution in [3.8, 4) is 5.75 Å². The van der Waals surface area contributed by atoms with Gasteiger partial charge in [-0.1, -0.05) is 6.92 Å². The molecular formula is C11H19N3O. The van der Waals surface area contributed by atoms with Crippen LogP contribution in [0.5, 0.6) is 5.75 Å². The number of pyridine rings is 1. The summed E-state index contributed by atoms with van der Waals surface area (Å²) in [6.07, 6.45) is 3.71. The van der Waals surface area contributed by atoms with Gasteiger partial charge in [-0.2, -0.15) is 0 Å². The van der Waals surface area contributed by atoms with Crippen molar-refractivity contribution in [3.05, 3.63) is 18.3 Å². The summed E-state index contributed by atoms with van der Waals surface area (Å²) in [5.74, 6) is 1.64. The second-order valence-electron chi connectivity index (χ2n) is 3.41. The van der Waals surface area contributed by atoms with Crippen molar-refractivity contribution < 1.29 is 4.74 Å². The first kappa shape index (κ1) is 11.8. The number of aromatic nitrogens is 1. The lowest BCUT2D eigenvalue weighted by Crippen LogP contribution is -2.22. The number of hydrogen-bond acceptors (Lipinski definition) is 4. The van der Waals surface area contributed by atoms with Gasteiger partial charge in [0.25, 0.3) is 0 Å². The molecule has 4 nitrogen and oxygen atoms in total. The smallest absolute Gasteiger partial charge is 0.137 e. The van der Waals surface area contributed by atoms with E-state index in [-0.39, 0.29) is 0 Å². The van der Waals surface area contributed by atoms with E-state index in [1.165, 1.54) is 0 Å². The normalized spacial score (nSPS) is 12.2. The summed E-state index contributed by atoms with van der Waals surface area (Å²) in [5.41, 5.74) is 5.52. The van der Waals surface area contributed by atoms with E-state index in [0.29, 0.717) is 12.6 Å². The summed E-state index contributed by atoms with van der Waals surface area (Å²) in [6.45, 7) is 2.83. The van der Waals surface area contributed by atoms with Gasteiger partial charge in [-0.15, -0.1) is 0 Å². The van der Waals surface area contributed by atoms with Crippen LogP contribution >= 0.6 is 0 Å². The van der Waals surface area contributed by atoms with Crippen LogP contribution in [0.25, 0.3) is 0 Å². The molecule has 0 saturated heterocycles. The third kappa shape index (κ3) is 3.75. The van der Waals surface area contributed by atoms with Crippen LogP contribution in [-0.4, -0.2) is 24.7 Å². The third-order valence-electron chi connectivity index (χ3n) is 2.33. The molecule has 1 unspecified atom stereocenters. The molecule has 1 heterocycles. The minimum atomic E-state index is 0.399. The summed E-state index contributed by atoms with van der Waals surface area (Å²) < 4.78 is 5.04. The Balaban J connectivity index is 2.55. The number of nitrogens with one attached hydrogen (secondary N) is 1. The van der Waals surface area contributed by atoms with E-state index < -0.39 is 0 Å². The summed E-state index contributed by atoms with van der Waals surface area (Å²) in [4.78, 5) is 4.24. The predicted molar refractivity (Wildman–Crippen MR) is 62.2 cm³/mol. The van der Waals surface area contributed by atoms with Gasteiger partial charge in [-0.25, -0.2) is 4.98 Å². The van der Waals surface area contributed by atoms with Crippen LogP contribution in [0.3, 0.4) is 0 Å². The molecule has 0 aliphatic rings. The average molecular weight is 209 g/mol. The van der Waals surface area contributed by atoms with Gasteiger partial charge in [0.05, 0.1) is 13.3 Å². The highest BCUT2D eigenvalue weighted by Gasteiger charge is 2.05. The zero-order valence-electron chi connectivity index (χ0n) is 9.36. The number of methoxy groups -OCH3 is 1. The Morgan fingerprint density at radius 1 is 1.53 bits per heavy atom. The van der Waals surface area contributed by atoms with Gasteiger partial charge in [0, 0.05) is 6.04 Å². The lowest BCUT2D eigenvalue weighted by Gasteiger charge is -2.16. The molecular weight excluding hydrogens is 190 g/mol. The highest BCUT2D eigenvalue weighted by atomic mass is 16.5. The third-order valence-corrected chi connectivity index (χ3v) is 2.33. The van der Waals surface area contributed by atoms with Gasteiger partial charge in [0.1, 0.15) is 11.6 Å². The minimum absolute atomic E-state index is 0.399. The van der Waals surface area contributed by atoms with Crippen molar-refractivity contribution in [2.24, 2.45) is 5.73 Å². The number of ether oxygens (including phenoxy) is 1. The first-order chi connectivity index (χ1) is 7.30. The van der Waals surface area contributed by atoms with Crippen molar-refractivity contribution in [2.45, 2.75) is 25.8 Å². The van der Waals surface area contributed by atoms with Crippen LogP contribution in [0.2, 0.25) is 0 Å². The van der Waals surface area contributed by atoms with E-state index in [2.05, 4.69) is 17.2 Å². The van der Waals surface area contributed by atoms with Gasteiger partial charge in [0.2, 0.25) is 0 Å². The number of nitrogens with two attached hydrogens (primary N) is 1. The fourth-order valence-electron chi connectivity index (χ4n) is 1.38. The number of nitrogens with zero attached hydrogens (tertiary/aromatic N) is 1. The highest BCUT2D eigenvalue weighted by Crippen LogP contribution is 2.13. The molecule has 0 saturated carbocycles. The molecule has 84 valence electrons. The minimum Gasteiger partial charge on any atom is -0.495 e. The molecule has 4 heteroatoms. The van der Waals surface area contributed by atoms with Gasteiger partial charge in [0.15, 0.2) is 0 Å². The largest absolute Gasteiger partial charge is 0.495 e. The molecule has 0 aliphatic carbocycles. The Hall–Kier alpha value is -1.29. The van der Waals surface area contributed by atoms with Gasteiger partial charge < -0.3 is 15.8 Å². The Labute approximate surface area is 90.8 Å². The number of hydrogen-bond donors (Lipinski definition) is 2. The Bertz CT molecular complexity index is 274. The summed E-state index contributed by atoms with van der Waals surface area (Å²) in [5, 5.41) is 3.33. The molecule has 0 aliphatic heterocycles. The molecule has 3 N–H and O–H groups in total. The zero-order chi connectivity index (χ0) is 11.1. The van der Waals surface area contributed by atoms with E-state index >= 15 is 0 Å². The molecule has 1 aromatic rings. The van der Waals surface area contributed by atoms with Gasteiger partial charge in [-0.3, -0.25) is 0 Å². The fourth-order valence-corrected chi connectivity index (χ4v) is 1.38. The predicted octanol–water partition coefficient (Wildman–Crippen LogP) is 1.63. The SMILES string of the molecule is CCC(CCN)Nc1ccc(OC)cn1. The second kappa shape index (κ2) is 6.24. The van der Waals surface area contributed by atoms with Crippen molar-refractivity contribution in [1.29, 1.82) is 0 Å². The first-order valence-corrected chi connectivity index (χ1v) is 5.26. The van der Waals surface area contributed by atoms with Crippen LogP contribution in [0.4, 0.5) is 5.82 Å². The Kier molecular flexibility index (Phi) is 4.90. The first-order valence-electron chi connectivity index (χ1n) is 5.26. The average Bonchev–Trinajstić information content (AvgIpc) is 2.29. The van der Waals surface area contributed by atoms with Crippen LogP contribution < -0.4 is 15.8 Å². The Morgan fingerprint density at radius 3 is 2.80 bits per heavy atom. The number of rotatable bonds is 6. The lowest BCUT2D eigenvalue weighted by molar-refractivity contribution is 0.413. The topological polar surface area (TPSA) is 60.2 Å². The molecule has 0 bridgehead atoms. The lowest BCUT2D eigenvalue weighted by atomic mass is 10.1. The van der Waals surface area contributed by atoms with Crippen LogP contribution in [0.15, 0.2) is 18.3 Å². The monoisotopic (exact) mass is 209 g/mol. The summed E-state index contributed by atoms with van der Waals surface area (Å²) in [7, 11) is 1.63. The van der Waals surface area contributed by atoms with Gasteiger partial charge in [-0.05, 0) is 31.5 Å². The van der Waals surface area contributed by atoms with Crippen LogP contribution in [0.1, 0.15) is 19.8 Å². The Morgan fingerprint density at radius 2 is 2.33 bits per heavy atom. The van der Waals surface area contributed by atoms with E-state index in [9.17, 15) is 0 Å². The van der Waals surface area contributed by atoms with Crippen LogP contribution in [0, 0.1) is 0 Å². The molecule has 0 radical (unpaired) electrons. The molecule has 0 amide bonds. The second-order valence-corrected chi connectivity index (χ2v) is 3.41. The van der Waals surface area contributed by atoms with Crippen molar-refractivity contribution in [1.82, 2.24) is 4.98 Å². The van der Waals surface area contributed by atoms with Crippen LogP contribution in [-0.2, 0) is 0 Å². The quantitative estimate of drug-likeness (QED) is 0.747. The van der Waals surface area contributed by atoms with Gasteiger partial charge >= 0.3 is 0 Å². The molecule has 1 rings (SSSR count). The van der Waals surface area contributed by atoms with E-state index in [0.717, 1.165) is 24.4 Å². The van der Waals surface area contributed by atoms with E-state index in [1.54, 1.807) is 13.3 Å². The highest BCUT2D eigenvalue weighted by molar-refractivity contribution is 5.38. The maximum atomic E-state index is 5.52. The summed E-state index contributed by atoms with van der Waals surface area (Å²) in [6, 6.07) is 4.21. The molecule has 1 aromatic heterocycles. The zero-order valence-corrected chi connectivity index (χ0v) is 9.36. The van der Waals surface area contributed by atoms with Crippen molar-refractivity contribution >= 4 is 5.82 Å². The maximum Gasteiger partial charge on any atom is 0.137 e. The van der Waals surface area contributed by atoms with Crippen molar-refractivity contribution in [2.75, 3.05) is 19.0 Å².